The second kappa shape index (κ2) is 8.13. The van der Waals surface area contributed by atoms with Gasteiger partial charge < -0.3 is 14.7 Å². The molecule has 0 radical (unpaired) electrons. The highest BCUT2D eigenvalue weighted by molar-refractivity contribution is 7.84. The number of carbonyl (C=O) groups is 1. The van der Waals surface area contributed by atoms with Gasteiger partial charge in [-0.25, -0.2) is 9.18 Å². The average Bonchev–Trinajstić information content (AvgIpc) is 3.03. The molecular formula is C22H16ClFN2O4S. The first-order chi connectivity index (χ1) is 14.8. The van der Waals surface area contributed by atoms with Crippen molar-refractivity contribution in [1.29, 1.82) is 0 Å². The van der Waals surface area contributed by atoms with E-state index in [2.05, 4.69) is 4.98 Å². The highest BCUT2D eigenvalue weighted by Gasteiger charge is 2.26. The third-order valence-electron chi connectivity index (χ3n) is 4.99. The number of fused-ring (bicyclic) bond motifs is 1. The number of pyridine rings is 1. The maximum Gasteiger partial charge on any atom is 0.353 e. The molecule has 158 valence electrons. The number of carboxylic acid groups (broad SMARTS) is 1. The number of hydrogen-bond donors (Lipinski definition) is 2. The van der Waals surface area contributed by atoms with E-state index in [-0.39, 0.29) is 28.9 Å². The predicted molar refractivity (Wildman–Crippen MR) is 118 cm³/mol. The van der Waals surface area contributed by atoms with E-state index < -0.39 is 28.1 Å². The molecule has 1 atom stereocenters. The summed E-state index contributed by atoms with van der Waals surface area (Å²) in [5, 5.41) is 10.9. The van der Waals surface area contributed by atoms with E-state index in [1.165, 1.54) is 41.3 Å². The van der Waals surface area contributed by atoms with Crippen molar-refractivity contribution < 1.29 is 18.5 Å². The molecule has 0 bridgehead atoms. The molecule has 31 heavy (non-hydrogen) atoms. The SMILES string of the molecule is CS(=O)c1ccc(F)c(Cn2c(C(=O)O)c(-c3ccc[nH]c3=O)c3cc(Cl)ccc32)c1. The summed E-state index contributed by atoms with van der Waals surface area (Å²) in [6.45, 7) is -0.138. The molecule has 9 heteroatoms. The van der Waals surface area contributed by atoms with E-state index >= 15 is 0 Å². The quantitative estimate of drug-likeness (QED) is 0.467. The molecule has 4 aromatic rings. The van der Waals surface area contributed by atoms with Crippen molar-refractivity contribution in [3.05, 3.63) is 87.2 Å². The minimum absolute atomic E-state index is 0.138. The lowest BCUT2D eigenvalue weighted by atomic mass is 10.0. The van der Waals surface area contributed by atoms with Crippen LogP contribution in [0.1, 0.15) is 16.1 Å². The normalized spacial score (nSPS) is 12.2. The Balaban J connectivity index is 2.05. The molecule has 2 N–H and O–H groups in total. The summed E-state index contributed by atoms with van der Waals surface area (Å²) in [5.74, 6) is -1.83. The topological polar surface area (TPSA) is 92.2 Å². The molecule has 0 aliphatic rings. The van der Waals surface area contributed by atoms with Crippen LogP contribution in [0, 0.1) is 5.82 Å². The number of hydrogen-bond acceptors (Lipinski definition) is 3. The summed E-state index contributed by atoms with van der Waals surface area (Å²) in [6, 6.07) is 12.0. The van der Waals surface area contributed by atoms with Gasteiger partial charge in [-0.05, 0) is 48.5 Å². The fourth-order valence-electron chi connectivity index (χ4n) is 3.63. The largest absolute Gasteiger partial charge is 0.477 e. The second-order valence-electron chi connectivity index (χ2n) is 6.90. The fourth-order valence-corrected chi connectivity index (χ4v) is 4.37. The zero-order valence-electron chi connectivity index (χ0n) is 16.2. The number of H-pyrrole nitrogens is 1. The van der Waals surface area contributed by atoms with Crippen LogP contribution in [0.25, 0.3) is 22.0 Å². The molecule has 6 nitrogen and oxygen atoms in total. The van der Waals surface area contributed by atoms with Crippen molar-refractivity contribution in [3.8, 4) is 11.1 Å². The number of halogens is 2. The van der Waals surface area contributed by atoms with Crippen molar-refractivity contribution in [2.45, 2.75) is 11.4 Å². The van der Waals surface area contributed by atoms with Gasteiger partial charge in [-0.1, -0.05) is 11.6 Å². The van der Waals surface area contributed by atoms with Crippen LogP contribution in [0.5, 0.6) is 0 Å². The summed E-state index contributed by atoms with van der Waals surface area (Å²) in [6.07, 6.45) is 2.93. The van der Waals surface area contributed by atoms with Crippen LogP contribution in [-0.2, 0) is 17.3 Å². The second-order valence-corrected chi connectivity index (χ2v) is 8.71. The molecule has 0 aliphatic heterocycles. The number of rotatable bonds is 5. The van der Waals surface area contributed by atoms with E-state index in [0.29, 0.717) is 20.8 Å². The van der Waals surface area contributed by atoms with Crippen LogP contribution < -0.4 is 5.56 Å². The van der Waals surface area contributed by atoms with E-state index in [9.17, 15) is 23.3 Å². The van der Waals surface area contributed by atoms with E-state index in [1.54, 1.807) is 24.3 Å². The van der Waals surface area contributed by atoms with E-state index in [0.717, 1.165) is 0 Å². The van der Waals surface area contributed by atoms with Gasteiger partial charge in [0, 0.05) is 60.8 Å². The van der Waals surface area contributed by atoms with Gasteiger partial charge in [-0.15, -0.1) is 0 Å². The average molecular weight is 459 g/mol. The molecule has 0 spiro atoms. The zero-order valence-corrected chi connectivity index (χ0v) is 17.8. The maximum atomic E-state index is 14.6. The first kappa shape index (κ1) is 21.0. The van der Waals surface area contributed by atoms with Gasteiger partial charge in [0.2, 0.25) is 0 Å². The Hall–Kier alpha value is -3.23. The molecule has 2 heterocycles. The van der Waals surface area contributed by atoms with Gasteiger partial charge in [0.15, 0.2) is 0 Å². The molecule has 4 rings (SSSR count). The molecule has 0 saturated carbocycles. The number of nitrogens with one attached hydrogen (secondary N) is 1. The summed E-state index contributed by atoms with van der Waals surface area (Å²) in [5.41, 5.74) is 0.380. The Kier molecular flexibility index (Phi) is 5.51. The highest BCUT2D eigenvalue weighted by Crippen LogP contribution is 2.36. The Labute approximate surface area is 183 Å². The number of aromatic carboxylic acids is 1. The Bertz CT molecular complexity index is 1430. The molecule has 0 aliphatic carbocycles. The van der Waals surface area contributed by atoms with Crippen LogP contribution in [0.15, 0.2) is 64.4 Å². The lowest BCUT2D eigenvalue weighted by Crippen LogP contribution is -2.14. The fraction of sp³-hybridized carbons (Fsp3) is 0.0909. The lowest BCUT2D eigenvalue weighted by Gasteiger charge is -2.11. The minimum atomic E-state index is -1.33. The van der Waals surface area contributed by atoms with Gasteiger partial charge in [0.05, 0.1) is 6.54 Å². The summed E-state index contributed by atoms with van der Waals surface area (Å²) >= 11 is 6.16. The monoisotopic (exact) mass is 458 g/mol. The van der Waals surface area contributed by atoms with Gasteiger partial charge in [0.1, 0.15) is 11.5 Å². The van der Waals surface area contributed by atoms with Crippen molar-refractivity contribution >= 4 is 39.3 Å². The van der Waals surface area contributed by atoms with Crippen LogP contribution in [0.2, 0.25) is 5.02 Å². The van der Waals surface area contributed by atoms with Crippen LogP contribution in [0.3, 0.4) is 0 Å². The number of carboxylic acids is 1. The van der Waals surface area contributed by atoms with Crippen molar-refractivity contribution in [2.24, 2.45) is 0 Å². The highest BCUT2D eigenvalue weighted by atomic mass is 35.5. The first-order valence-electron chi connectivity index (χ1n) is 9.13. The molecular weight excluding hydrogens is 443 g/mol. The van der Waals surface area contributed by atoms with Crippen molar-refractivity contribution in [1.82, 2.24) is 9.55 Å². The Morgan fingerprint density at radius 1 is 1.23 bits per heavy atom. The van der Waals surface area contributed by atoms with Crippen LogP contribution in [0.4, 0.5) is 4.39 Å². The minimum Gasteiger partial charge on any atom is -0.477 e. The Morgan fingerprint density at radius 3 is 2.68 bits per heavy atom. The molecule has 1 unspecified atom stereocenters. The third kappa shape index (κ3) is 3.80. The Morgan fingerprint density at radius 2 is 2.00 bits per heavy atom. The van der Waals surface area contributed by atoms with E-state index in [1.807, 2.05) is 0 Å². The molecule has 0 saturated heterocycles. The van der Waals surface area contributed by atoms with Crippen molar-refractivity contribution in [3.63, 3.8) is 0 Å². The van der Waals surface area contributed by atoms with Gasteiger partial charge in [-0.2, -0.15) is 0 Å². The van der Waals surface area contributed by atoms with Crippen LogP contribution in [-0.4, -0.2) is 31.1 Å². The lowest BCUT2D eigenvalue weighted by molar-refractivity contribution is 0.0687. The van der Waals surface area contributed by atoms with Crippen LogP contribution >= 0.6 is 11.6 Å². The zero-order chi connectivity index (χ0) is 22.3. The standard InChI is InChI=1S/C22H16ClFN2O4S/c1-31(30)14-5-6-17(24)12(9-14)11-26-18-7-4-13(23)10-16(18)19(20(26)22(28)29)15-3-2-8-25-21(15)27/h2-10H,11H2,1H3,(H,25,27)(H,28,29). The molecule has 2 aromatic carbocycles. The molecule has 0 amide bonds. The van der Waals surface area contributed by atoms with Gasteiger partial charge in [-0.3, -0.25) is 9.00 Å². The smallest absolute Gasteiger partial charge is 0.353 e. The summed E-state index contributed by atoms with van der Waals surface area (Å²) < 4.78 is 27.8. The van der Waals surface area contributed by atoms with E-state index in [4.69, 9.17) is 11.6 Å². The first-order valence-corrected chi connectivity index (χ1v) is 11.1. The predicted octanol–water partition coefficient (Wildman–Crippen LogP) is 4.27. The molecule has 0 fully saturated rings. The van der Waals surface area contributed by atoms with Gasteiger partial charge >= 0.3 is 5.97 Å². The third-order valence-corrected chi connectivity index (χ3v) is 6.15. The number of aromatic amines is 1. The summed E-state index contributed by atoms with van der Waals surface area (Å²) in [7, 11) is -1.33. The van der Waals surface area contributed by atoms with Gasteiger partial charge in [0.25, 0.3) is 5.56 Å². The number of benzene rings is 2. The number of aromatic nitrogens is 2. The number of nitrogens with zero attached hydrogens (tertiary/aromatic N) is 1. The van der Waals surface area contributed by atoms with Crippen molar-refractivity contribution in [2.75, 3.05) is 6.26 Å². The maximum absolute atomic E-state index is 14.6. The summed E-state index contributed by atoms with van der Waals surface area (Å²) in [4.78, 5) is 27.8. The molecule has 2 aromatic heterocycles.